The van der Waals surface area contributed by atoms with Crippen LogP contribution in [0.2, 0.25) is 0 Å². The van der Waals surface area contributed by atoms with E-state index in [1.165, 1.54) is 12.1 Å². The average Bonchev–Trinajstić information content (AvgIpc) is 2.61. The highest BCUT2D eigenvalue weighted by Crippen LogP contribution is 2.16. The van der Waals surface area contributed by atoms with Crippen molar-refractivity contribution in [3.63, 3.8) is 0 Å². The maximum Gasteiger partial charge on any atom is 0.244 e. The Bertz CT molecular complexity index is 901. The molecular weight excluding hydrogens is 303 g/mol. The molecule has 1 amide bonds. The molecule has 4 heteroatoms. The van der Waals surface area contributed by atoms with Crippen molar-refractivity contribution in [2.75, 3.05) is 0 Å². The summed E-state index contributed by atoms with van der Waals surface area (Å²) in [5.41, 5.74) is 4.97. The molecule has 0 heterocycles. The van der Waals surface area contributed by atoms with Crippen molar-refractivity contribution in [2.45, 2.75) is 13.3 Å². The van der Waals surface area contributed by atoms with Gasteiger partial charge in [-0.2, -0.15) is 5.10 Å². The molecule has 0 aliphatic carbocycles. The van der Waals surface area contributed by atoms with Crippen LogP contribution in [0.4, 0.5) is 4.39 Å². The predicted octanol–water partition coefficient (Wildman–Crippen LogP) is 4.06. The molecule has 0 aliphatic heterocycles. The number of amides is 1. The molecular formula is C20H17FN2O. The van der Waals surface area contributed by atoms with Crippen molar-refractivity contribution < 1.29 is 9.18 Å². The zero-order chi connectivity index (χ0) is 16.9. The van der Waals surface area contributed by atoms with E-state index in [1.807, 2.05) is 43.3 Å². The lowest BCUT2D eigenvalue weighted by molar-refractivity contribution is -0.120. The Morgan fingerprint density at radius 3 is 2.46 bits per heavy atom. The van der Waals surface area contributed by atoms with Crippen molar-refractivity contribution in [3.05, 3.63) is 83.7 Å². The second-order valence-electron chi connectivity index (χ2n) is 5.60. The molecule has 24 heavy (non-hydrogen) atoms. The van der Waals surface area contributed by atoms with E-state index in [0.717, 1.165) is 27.6 Å². The highest BCUT2D eigenvalue weighted by molar-refractivity contribution is 6.02. The number of carbonyl (C=O) groups excluding carboxylic acids is 1. The summed E-state index contributed by atoms with van der Waals surface area (Å²) in [6, 6.07) is 20.0. The van der Waals surface area contributed by atoms with E-state index in [9.17, 15) is 9.18 Å². The Balaban J connectivity index is 1.68. The lowest BCUT2D eigenvalue weighted by Gasteiger charge is -2.05. The first-order chi connectivity index (χ1) is 11.6. The molecule has 0 saturated heterocycles. The smallest absolute Gasteiger partial charge is 0.244 e. The number of nitrogens with one attached hydrogen (secondary N) is 1. The van der Waals surface area contributed by atoms with Gasteiger partial charge >= 0.3 is 0 Å². The van der Waals surface area contributed by atoms with Crippen molar-refractivity contribution in [3.8, 4) is 0 Å². The summed E-state index contributed by atoms with van der Waals surface area (Å²) in [5, 5.41) is 6.45. The molecule has 0 aliphatic rings. The van der Waals surface area contributed by atoms with Gasteiger partial charge in [0.15, 0.2) is 0 Å². The van der Waals surface area contributed by atoms with Crippen LogP contribution in [0.3, 0.4) is 0 Å². The van der Waals surface area contributed by atoms with Crippen LogP contribution < -0.4 is 5.43 Å². The maximum atomic E-state index is 12.9. The first-order valence-electron chi connectivity index (χ1n) is 7.68. The summed E-state index contributed by atoms with van der Waals surface area (Å²) in [5.74, 6) is -0.550. The summed E-state index contributed by atoms with van der Waals surface area (Å²) in [7, 11) is 0. The van der Waals surface area contributed by atoms with Crippen LogP contribution in [0.25, 0.3) is 10.8 Å². The van der Waals surface area contributed by atoms with Crippen molar-refractivity contribution in [1.29, 1.82) is 0 Å². The number of carbonyl (C=O) groups is 1. The molecule has 1 N–H and O–H groups in total. The molecule has 0 radical (unpaired) electrons. The third-order valence-electron chi connectivity index (χ3n) is 3.79. The van der Waals surface area contributed by atoms with Crippen LogP contribution in [-0.2, 0) is 11.2 Å². The van der Waals surface area contributed by atoms with Crippen molar-refractivity contribution >= 4 is 22.4 Å². The lowest BCUT2D eigenvalue weighted by Crippen LogP contribution is -2.21. The summed E-state index contributed by atoms with van der Waals surface area (Å²) < 4.78 is 12.9. The molecule has 0 saturated carbocycles. The number of hydrazone groups is 1. The molecule has 3 rings (SSSR count). The number of fused-ring (bicyclic) bond motifs is 1. The van der Waals surface area contributed by atoms with Crippen LogP contribution in [0.1, 0.15) is 18.1 Å². The Labute approximate surface area is 139 Å². The summed E-state index contributed by atoms with van der Waals surface area (Å²) in [6.45, 7) is 1.85. The predicted molar refractivity (Wildman–Crippen MR) is 94.4 cm³/mol. The Hall–Kier alpha value is -3.01. The lowest BCUT2D eigenvalue weighted by atomic mass is 10.0. The highest BCUT2D eigenvalue weighted by Gasteiger charge is 2.04. The van der Waals surface area contributed by atoms with Gasteiger partial charge in [0.1, 0.15) is 5.82 Å². The van der Waals surface area contributed by atoms with E-state index >= 15 is 0 Å². The highest BCUT2D eigenvalue weighted by atomic mass is 19.1. The van der Waals surface area contributed by atoms with Gasteiger partial charge in [0.05, 0.1) is 12.1 Å². The summed E-state index contributed by atoms with van der Waals surface area (Å²) in [6.07, 6.45) is 0.161. The Morgan fingerprint density at radius 2 is 1.71 bits per heavy atom. The van der Waals surface area contributed by atoms with E-state index in [2.05, 4.69) is 16.6 Å². The molecule has 0 atom stereocenters. The number of hydrogen-bond acceptors (Lipinski definition) is 2. The average molecular weight is 320 g/mol. The fourth-order valence-corrected chi connectivity index (χ4v) is 2.45. The van der Waals surface area contributed by atoms with Gasteiger partial charge in [0.2, 0.25) is 5.91 Å². The van der Waals surface area contributed by atoms with Gasteiger partial charge in [-0.1, -0.05) is 48.5 Å². The van der Waals surface area contributed by atoms with E-state index < -0.39 is 0 Å². The van der Waals surface area contributed by atoms with Gasteiger partial charge in [0, 0.05) is 0 Å². The third-order valence-corrected chi connectivity index (χ3v) is 3.79. The van der Waals surface area contributed by atoms with Crippen LogP contribution in [-0.4, -0.2) is 11.6 Å². The van der Waals surface area contributed by atoms with E-state index in [0.29, 0.717) is 0 Å². The van der Waals surface area contributed by atoms with Gasteiger partial charge < -0.3 is 0 Å². The van der Waals surface area contributed by atoms with Gasteiger partial charge in [-0.3, -0.25) is 4.79 Å². The van der Waals surface area contributed by atoms with Crippen molar-refractivity contribution in [1.82, 2.24) is 5.43 Å². The summed E-state index contributed by atoms with van der Waals surface area (Å²) in [4.78, 5) is 11.9. The Kier molecular flexibility index (Phi) is 4.66. The standard InChI is InChI=1S/C20H17FN2O/c1-14(17-9-8-16-4-2-3-5-18(16)13-17)22-23-20(24)12-15-6-10-19(21)11-7-15/h2-11,13H,12H2,1H3,(H,23,24)/b22-14+. The molecule has 0 fully saturated rings. The fraction of sp³-hybridized carbons (Fsp3) is 0.100. The largest absolute Gasteiger partial charge is 0.273 e. The second kappa shape index (κ2) is 7.04. The van der Waals surface area contributed by atoms with E-state index in [1.54, 1.807) is 12.1 Å². The maximum absolute atomic E-state index is 12.9. The number of rotatable bonds is 4. The molecule has 3 aromatic rings. The number of benzene rings is 3. The first kappa shape index (κ1) is 15.9. The van der Waals surface area contributed by atoms with Crippen LogP contribution in [0.15, 0.2) is 71.8 Å². The molecule has 0 unspecified atom stereocenters. The van der Waals surface area contributed by atoms with Crippen LogP contribution in [0.5, 0.6) is 0 Å². The van der Waals surface area contributed by atoms with Gasteiger partial charge in [0.25, 0.3) is 0 Å². The topological polar surface area (TPSA) is 41.5 Å². The minimum Gasteiger partial charge on any atom is -0.273 e. The monoisotopic (exact) mass is 320 g/mol. The van der Waals surface area contributed by atoms with Gasteiger partial charge in [-0.05, 0) is 47.0 Å². The molecule has 0 aromatic heterocycles. The number of halogens is 1. The summed E-state index contributed by atoms with van der Waals surface area (Å²) >= 11 is 0. The molecule has 3 aromatic carbocycles. The van der Waals surface area contributed by atoms with Gasteiger partial charge in [-0.15, -0.1) is 0 Å². The fourth-order valence-electron chi connectivity index (χ4n) is 2.45. The van der Waals surface area contributed by atoms with E-state index in [-0.39, 0.29) is 18.1 Å². The minimum absolute atomic E-state index is 0.161. The number of nitrogens with zero attached hydrogens (tertiary/aromatic N) is 1. The number of hydrogen-bond donors (Lipinski definition) is 1. The normalized spacial score (nSPS) is 11.5. The zero-order valence-corrected chi connectivity index (χ0v) is 13.3. The minimum atomic E-state index is -0.315. The van der Waals surface area contributed by atoms with Crippen LogP contribution >= 0.6 is 0 Å². The molecule has 3 nitrogen and oxygen atoms in total. The van der Waals surface area contributed by atoms with Gasteiger partial charge in [-0.25, -0.2) is 9.82 Å². The molecule has 0 bridgehead atoms. The first-order valence-corrected chi connectivity index (χ1v) is 7.68. The van der Waals surface area contributed by atoms with E-state index in [4.69, 9.17) is 0 Å². The molecule has 0 spiro atoms. The Morgan fingerprint density at radius 1 is 1.00 bits per heavy atom. The second-order valence-corrected chi connectivity index (χ2v) is 5.60. The van der Waals surface area contributed by atoms with Crippen LogP contribution in [0, 0.1) is 5.82 Å². The van der Waals surface area contributed by atoms with Crippen molar-refractivity contribution in [2.24, 2.45) is 5.10 Å². The quantitative estimate of drug-likeness (QED) is 0.571. The SMILES string of the molecule is C/C(=N\NC(=O)Cc1ccc(F)cc1)c1ccc2ccccc2c1. The zero-order valence-electron chi connectivity index (χ0n) is 13.3. The molecule has 120 valence electrons. The third kappa shape index (κ3) is 3.84.